The summed E-state index contributed by atoms with van der Waals surface area (Å²) in [7, 11) is 1.45. The Balaban J connectivity index is 2.12. The highest BCUT2D eigenvalue weighted by atomic mass is 19.4. The number of halogens is 3. The molecule has 29 heavy (non-hydrogen) atoms. The summed E-state index contributed by atoms with van der Waals surface area (Å²) in [5.41, 5.74) is 0.638. The Morgan fingerprint density at radius 3 is 2.62 bits per heavy atom. The molecule has 5 nitrogen and oxygen atoms in total. The molecule has 0 N–H and O–H groups in total. The van der Waals surface area contributed by atoms with E-state index in [0.29, 0.717) is 17.1 Å². The first-order valence-electron chi connectivity index (χ1n) is 9.57. The van der Waals surface area contributed by atoms with Crippen molar-refractivity contribution in [3.63, 3.8) is 0 Å². The molecule has 0 bridgehead atoms. The maximum absolute atomic E-state index is 12.7. The van der Waals surface area contributed by atoms with Gasteiger partial charge in [0.15, 0.2) is 18.1 Å². The van der Waals surface area contributed by atoms with Crippen molar-refractivity contribution in [2.24, 2.45) is 0 Å². The SMILES string of the molecule is COc1cc(/C=C/C(=O)N(CCC(F)(F)F)C2CCCCC2)ccc1OCC#N. The van der Waals surface area contributed by atoms with E-state index in [9.17, 15) is 18.0 Å². The number of carbonyl (C=O) groups is 1. The van der Waals surface area contributed by atoms with Crippen LogP contribution in [0.2, 0.25) is 0 Å². The van der Waals surface area contributed by atoms with Gasteiger partial charge in [-0.1, -0.05) is 25.3 Å². The first-order valence-corrected chi connectivity index (χ1v) is 9.57. The summed E-state index contributed by atoms with van der Waals surface area (Å²) in [6.45, 7) is -0.457. The second-order valence-corrected chi connectivity index (χ2v) is 6.88. The molecule has 0 saturated heterocycles. The zero-order valence-corrected chi connectivity index (χ0v) is 16.4. The van der Waals surface area contributed by atoms with Crippen molar-refractivity contribution in [3.8, 4) is 17.6 Å². The number of benzene rings is 1. The zero-order chi connectivity index (χ0) is 21.3. The number of hydrogen-bond donors (Lipinski definition) is 0. The molecule has 1 aliphatic rings. The molecule has 1 amide bonds. The predicted octanol–water partition coefficient (Wildman–Crippen LogP) is 4.72. The third kappa shape index (κ3) is 7.33. The number of alkyl halides is 3. The second-order valence-electron chi connectivity index (χ2n) is 6.88. The van der Waals surface area contributed by atoms with E-state index in [1.807, 2.05) is 6.07 Å². The van der Waals surface area contributed by atoms with Gasteiger partial charge >= 0.3 is 6.18 Å². The highest BCUT2D eigenvalue weighted by Gasteiger charge is 2.31. The fraction of sp³-hybridized carbons (Fsp3) is 0.524. The summed E-state index contributed by atoms with van der Waals surface area (Å²) >= 11 is 0. The van der Waals surface area contributed by atoms with E-state index in [0.717, 1.165) is 32.1 Å². The van der Waals surface area contributed by atoms with Crippen LogP contribution in [0.1, 0.15) is 44.1 Å². The fourth-order valence-corrected chi connectivity index (χ4v) is 3.39. The van der Waals surface area contributed by atoms with Gasteiger partial charge in [-0.2, -0.15) is 18.4 Å². The van der Waals surface area contributed by atoms with Crippen molar-refractivity contribution < 1.29 is 27.4 Å². The summed E-state index contributed by atoms with van der Waals surface area (Å²) in [6.07, 6.45) is 1.89. The minimum Gasteiger partial charge on any atom is -0.493 e. The Bertz CT molecular complexity index is 751. The number of amides is 1. The lowest BCUT2D eigenvalue weighted by molar-refractivity contribution is -0.145. The molecule has 1 saturated carbocycles. The van der Waals surface area contributed by atoms with Gasteiger partial charge in [0.25, 0.3) is 0 Å². The molecule has 158 valence electrons. The van der Waals surface area contributed by atoms with Crippen LogP contribution < -0.4 is 9.47 Å². The van der Waals surface area contributed by atoms with Crippen LogP contribution >= 0.6 is 0 Å². The van der Waals surface area contributed by atoms with Crippen molar-refractivity contribution in [2.45, 2.75) is 50.7 Å². The average Bonchev–Trinajstić information content (AvgIpc) is 2.71. The predicted molar refractivity (Wildman–Crippen MR) is 102 cm³/mol. The molecule has 0 unspecified atom stereocenters. The fourth-order valence-electron chi connectivity index (χ4n) is 3.39. The molecule has 8 heteroatoms. The van der Waals surface area contributed by atoms with E-state index < -0.39 is 18.5 Å². The normalized spacial score (nSPS) is 15.1. The number of nitriles is 1. The molecule has 1 aliphatic carbocycles. The lowest BCUT2D eigenvalue weighted by Gasteiger charge is -2.34. The Kier molecular flexibility index (Phi) is 8.37. The second kappa shape index (κ2) is 10.7. The van der Waals surface area contributed by atoms with E-state index in [-0.39, 0.29) is 19.2 Å². The molecule has 1 aromatic rings. The molecule has 0 atom stereocenters. The first-order chi connectivity index (χ1) is 13.8. The monoisotopic (exact) mass is 410 g/mol. The highest BCUT2D eigenvalue weighted by Crippen LogP contribution is 2.29. The molecule has 2 rings (SSSR count). The molecule has 0 heterocycles. The topological polar surface area (TPSA) is 62.6 Å². The molecule has 0 spiro atoms. The van der Waals surface area contributed by atoms with E-state index in [1.54, 1.807) is 24.3 Å². The number of ether oxygens (including phenoxy) is 2. The molecule has 1 aromatic carbocycles. The molecule has 0 aliphatic heterocycles. The Morgan fingerprint density at radius 2 is 2.00 bits per heavy atom. The van der Waals surface area contributed by atoms with Gasteiger partial charge in [-0.15, -0.1) is 0 Å². The van der Waals surface area contributed by atoms with Gasteiger partial charge < -0.3 is 14.4 Å². The third-order valence-corrected chi connectivity index (χ3v) is 4.83. The van der Waals surface area contributed by atoms with Crippen LogP contribution in [0.3, 0.4) is 0 Å². The van der Waals surface area contributed by atoms with Gasteiger partial charge in [0.05, 0.1) is 13.5 Å². The summed E-state index contributed by atoms with van der Waals surface area (Å²) in [5.74, 6) is 0.368. The minimum absolute atomic E-state index is 0.125. The largest absolute Gasteiger partial charge is 0.493 e. The van der Waals surface area contributed by atoms with Gasteiger partial charge in [0.1, 0.15) is 6.07 Å². The standard InChI is InChI=1S/C21H25F3N2O3/c1-28-19-15-16(7-9-18(19)29-14-12-25)8-10-20(27)26(13-11-21(22,23)24)17-5-3-2-4-6-17/h7-10,15,17H,2-6,11,13-14H2,1H3/b10-8+. The summed E-state index contributed by atoms with van der Waals surface area (Å²) in [4.78, 5) is 14.0. The molecule has 1 fully saturated rings. The van der Waals surface area contributed by atoms with Crippen molar-refractivity contribution in [1.82, 2.24) is 4.90 Å². The Labute approximate surface area is 168 Å². The number of methoxy groups -OCH3 is 1. The maximum Gasteiger partial charge on any atom is 0.390 e. The lowest BCUT2D eigenvalue weighted by atomic mass is 9.94. The number of hydrogen-bond acceptors (Lipinski definition) is 4. The molecule has 0 radical (unpaired) electrons. The van der Waals surface area contributed by atoms with E-state index in [4.69, 9.17) is 14.7 Å². The van der Waals surface area contributed by atoms with E-state index in [2.05, 4.69) is 0 Å². The van der Waals surface area contributed by atoms with Crippen LogP contribution in [0.25, 0.3) is 6.08 Å². The summed E-state index contributed by atoms with van der Waals surface area (Å²) in [6, 6.07) is 6.64. The number of rotatable bonds is 8. The smallest absolute Gasteiger partial charge is 0.390 e. The minimum atomic E-state index is -4.30. The quantitative estimate of drug-likeness (QED) is 0.582. The van der Waals surface area contributed by atoms with E-state index in [1.165, 1.54) is 18.1 Å². The molecule has 0 aromatic heterocycles. The Morgan fingerprint density at radius 1 is 1.28 bits per heavy atom. The van der Waals surface area contributed by atoms with Crippen LogP contribution in [0.5, 0.6) is 11.5 Å². The van der Waals surface area contributed by atoms with Crippen LogP contribution in [0.15, 0.2) is 24.3 Å². The maximum atomic E-state index is 12.7. The molecular formula is C21H25F3N2O3. The van der Waals surface area contributed by atoms with Crippen molar-refractivity contribution in [3.05, 3.63) is 29.8 Å². The Hall–Kier alpha value is -2.69. The lowest BCUT2D eigenvalue weighted by Crippen LogP contribution is -2.42. The van der Waals surface area contributed by atoms with Crippen LogP contribution in [0.4, 0.5) is 13.2 Å². The van der Waals surface area contributed by atoms with E-state index >= 15 is 0 Å². The summed E-state index contributed by atoms with van der Waals surface area (Å²) in [5, 5.41) is 8.60. The molecular weight excluding hydrogens is 385 g/mol. The van der Waals surface area contributed by atoms with Crippen molar-refractivity contribution in [1.29, 1.82) is 5.26 Å². The van der Waals surface area contributed by atoms with Gasteiger partial charge in [0.2, 0.25) is 5.91 Å². The third-order valence-electron chi connectivity index (χ3n) is 4.83. The van der Waals surface area contributed by atoms with Crippen LogP contribution in [0, 0.1) is 11.3 Å². The van der Waals surface area contributed by atoms with Crippen LogP contribution in [-0.2, 0) is 4.79 Å². The zero-order valence-electron chi connectivity index (χ0n) is 16.4. The van der Waals surface area contributed by atoms with Gasteiger partial charge in [-0.3, -0.25) is 4.79 Å². The number of nitrogens with zero attached hydrogens (tertiary/aromatic N) is 2. The van der Waals surface area contributed by atoms with Gasteiger partial charge in [-0.05, 0) is 36.6 Å². The average molecular weight is 410 g/mol. The number of carbonyl (C=O) groups excluding carboxylic acids is 1. The van der Waals surface area contributed by atoms with Crippen molar-refractivity contribution >= 4 is 12.0 Å². The van der Waals surface area contributed by atoms with Crippen molar-refractivity contribution in [2.75, 3.05) is 20.3 Å². The van der Waals surface area contributed by atoms with Gasteiger partial charge in [0, 0.05) is 18.7 Å². The van der Waals surface area contributed by atoms with Gasteiger partial charge in [-0.25, -0.2) is 0 Å². The summed E-state index contributed by atoms with van der Waals surface area (Å²) < 4.78 is 48.6. The van der Waals surface area contributed by atoms with Crippen LogP contribution in [-0.4, -0.2) is 43.3 Å². The first kappa shape index (κ1) is 22.6. The highest BCUT2D eigenvalue weighted by molar-refractivity contribution is 5.92.